The van der Waals surface area contributed by atoms with Crippen LogP contribution >= 0.6 is 27.3 Å². The maximum Gasteiger partial charge on any atom is 0.261 e. The minimum Gasteiger partial charge on any atom is -0.497 e. The molecule has 0 aliphatic carbocycles. The lowest BCUT2D eigenvalue weighted by Gasteiger charge is -2.11. The lowest BCUT2D eigenvalue weighted by atomic mass is 10.1. The first-order chi connectivity index (χ1) is 12.0. The van der Waals surface area contributed by atoms with Crippen molar-refractivity contribution in [2.75, 3.05) is 19.5 Å². The normalized spacial score (nSPS) is 10.6. The maximum atomic E-state index is 12.8. The fourth-order valence-corrected chi connectivity index (χ4v) is 3.71. The highest BCUT2D eigenvalue weighted by atomic mass is 79.9. The Labute approximate surface area is 156 Å². The van der Waals surface area contributed by atoms with Gasteiger partial charge in [0.25, 0.3) is 5.91 Å². The van der Waals surface area contributed by atoms with E-state index in [1.165, 1.54) is 18.4 Å². The van der Waals surface area contributed by atoms with Gasteiger partial charge in [-0.15, -0.1) is 11.3 Å². The first-order valence-corrected chi connectivity index (χ1v) is 8.89. The number of nitrogens with zero attached hydrogens (tertiary/aromatic N) is 1. The van der Waals surface area contributed by atoms with Crippen LogP contribution in [-0.4, -0.2) is 25.3 Å². The molecule has 0 saturated heterocycles. The van der Waals surface area contributed by atoms with Crippen LogP contribution in [0.1, 0.15) is 16.1 Å². The fraction of sp³-hybridized carbons (Fsp3) is 0.176. The Morgan fingerprint density at radius 2 is 2.04 bits per heavy atom. The predicted octanol–water partition coefficient (Wildman–Crippen LogP) is 4.74. The van der Waals surface area contributed by atoms with E-state index in [1.807, 2.05) is 12.1 Å². The molecule has 0 spiro atoms. The van der Waals surface area contributed by atoms with E-state index in [1.54, 1.807) is 32.2 Å². The van der Waals surface area contributed by atoms with Crippen molar-refractivity contribution >= 4 is 38.9 Å². The van der Waals surface area contributed by atoms with Crippen molar-refractivity contribution in [3.63, 3.8) is 0 Å². The van der Waals surface area contributed by atoms with E-state index >= 15 is 0 Å². The average Bonchev–Trinajstić information content (AvgIpc) is 3.20. The zero-order valence-electron chi connectivity index (χ0n) is 13.8. The Kier molecular flexibility index (Phi) is 5.10. The number of hydrogen-bond donors (Lipinski definition) is 1. The highest BCUT2D eigenvalue weighted by molar-refractivity contribution is 9.11. The molecule has 2 aromatic heterocycles. The molecule has 0 radical (unpaired) electrons. The molecule has 0 aliphatic heterocycles. The van der Waals surface area contributed by atoms with E-state index in [2.05, 4.69) is 26.4 Å². The summed E-state index contributed by atoms with van der Waals surface area (Å²) in [6.45, 7) is 1.71. The number of ether oxygens (including phenoxy) is 2. The van der Waals surface area contributed by atoms with E-state index in [0.29, 0.717) is 34.2 Å². The number of aromatic nitrogens is 1. The van der Waals surface area contributed by atoms with Gasteiger partial charge in [-0.05, 0) is 47.1 Å². The van der Waals surface area contributed by atoms with Crippen molar-refractivity contribution < 1.29 is 18.8 Å². The SMILES string of the molecule is COc1ccc(NC(=O)c2c(-c3ccc(Br)s3)noc2C)c(OC)c1. The summed E-state index contributed by atoms with van der Waals surface area (Å²) in [6.07, 6.45) is 0. The quantitative estimate of drug-likeness (QED) is 0.642. The summed E-state index contributed by atoms with van der Waals surface area (Å²) in [5.41, 5.74) is 1.44. The molecule has 0 saturated carbocycles. The first kappa shape index (κ1) is 17.5. The third-order valence-corrected chi connectivity index (χ3v) is 5.18. The molecular formula is C17H15BrN2O4S. The van der Waals surface area contributed by atoms with Gasteiger partial charge in [0.2, 0.25) is 0 Å². The molecular weight excluding hydrogens is 408 g/mol. The molecule has 1 amide bonds. The number of nitrogens with one attached hydrogen (secondary N) is 1. The number of hydrogen-bond acceptors (Lipinski definition) is 6. The van der Waals surface area contributed by atoms with E-state index in [9.17, 15) is 4.79 Å². The molecule has 0 aliphatic rings. The van der Waals surface area contributed by atoms with Crippen molar-refractivity contribution in [3.05, 3.63) is 45.4 Å². The lowest BCUT2D eigenvalue weighted by Crippen LogP contribution is -2.14. The highest BCUT2D eigenvalue weighted by Gasteiger charge is 2.23. The number of benzene rings is 1. The van der Waals surface area contributed by atoms with Gasteiger partial charge < -0.3 is 19.3 Å². The van der Waals surface area contributed by atoms with Gasteiger partial charge in [0.05, 0.1) is 28.6 Å². The number of methoxy groups -OCH3 is 2. The Morgan fingerprint density at radius 3 is 2.68 bits per heavy atom. The van der Waals surface area contributed by atoms with Crippen LogP contribution in [0.4, 0.5) is 5.69 Å². The zero-order chi connectivity index (χ0) is 18.0. The van der Waals surface area contributed by atoms with Crippen molar-refractivity contribution in [2.24, 2.45) is 0 Å². The van der Waals surface area contributed by atoms with E-state index in [4.69, 9.17) is 14.0 Å². The first-order valence-electron chi connectivity index (χ1n) is 7.29. The molecule has 6 nitrogen and oxygen atoms in total. The Morgan fingerprint density at radius 1 is 1.24 bits per heavy atom. The third kappa shape index (κ3) is 3.54. The Bertz CT molecular complexity index is 919. The minimum absolute atomic E-state index is 0.318. The van der Waals surface area contributed by atoms with E-state index in [-0.39, 0.29) is 5.91 Å². The van der Waals surface area contributed by atoms with Crippen LogP contribution in [0, 0.1) is 6.92 Å². The van der Waals surface area contributed by atoms with Crippen molar-refractivity contribution in [2.45, 2.75) is 6.92 Å². The number of carbonyl (C=O) groups excluding carboxylic acids is 1. The van der Waals surface area contributed by atoms with Gasteiger partial charge in [-0.2, -0.15) is 0 Å². The van der Waals surface area contributed by atoms with Gasteiger partial charge in [0, 0.05) is 6.07 Å². The van der Waals surface area contributed by atoms with Crippen LogP contribution in [0.25, 0.3) is 10.6 Å². The van der Waals surface area contributed by atoms with Crippen molar-refractivity contribution in [1.29, 1.82) is 0 Å². The molecule has 0 fully saturated rings. The summed E-state index contributed by atoms with van der Waals surface area (Å²) in [6, 6.07) is 8.96. The Balaban J connectivity index is 1.94. The molecule has 3 rings (SSSR count). The number of amides is 1. The monoisotopic (exact) mass is 422 g/mol. The minimum atomic E-state index is -0.318. The standard InChI is InChI=1S/C17H15BrN2O4S/c1-9-15(16(20-24-9)13-6-7-14(18)25-13)17(21)19-11-5-4-10(22-2)8-12(11)23-3/h4-8H,1-3H3,(H,19,21). The van der Waals surface area contributed by atoms with E-state index < -0.39 is 0 Å². The molecule has 130 valence electrons. The van der Waals surface area contributed by atoms with Crippen LogP contribution in [0.5, 0.6) is 11.5 Å². The van der Waals surface area contributed by atoms with Crippen molar-refractivity contribution in [3.8, 4) is 22.1 Å². The molecule has 8 heteroatoms. The number of aryl methyl sites for hydroxylation is 1. The summed E-state index contributed by atoms with van der Waals surface area (Å²) < 4.78 is 16.7. The van der Waals surface area contributed by atoms with Crippen LogP contribution in [0.3, 0.4) is 0 Å². The number of halogens is 1. The largest absolute Gasteiger partial charge is 0.497 e. The van der Waals surface area contributed by atoms with Crippen LogP contribution in [0.2, 0.25) is 0 Å². The summed E-state index contributed by atoms with van der Waals surface area (Å²) >= 11 is 4.89. The smallest absolute Gasteiger partial charge is 0.261 e. The maximum absolute atomic E-state index is 12.8. The zero-order valence-corrected chi connectivity index (χ0v) is 16.2. The number of thiophene rings is 1. The van der Waals surface area contributed by atoms with Gasteiger partial charge in [-0.25, -0.2) is 0 Å². The molecule has 0 unspecified atom stereocenters. The topological polar surface area (TPSA) is 73.6 Å². The molecule has 2 heterocycles. The predicted molar refractivity (Wildman–Crippen MR) is 99.8 cm³/mol. The second-order valence-corrected chi connectivity index (χ2v) is 7.55. The number of anilines is 1. The van der Waals surface area contributed by atoms with Gasteiger partial charge in [0.15, 0.2) is 0 Å². The van der Waals surface area contributed by atoms with Gasteiger partial charge in [-0.3, -0.25) is 4.79 Å². The lowest BCUT2D eigenvalue weighted by molar-refractivity contribution is 0.102. The van der Waals surface area contributed by atoms with Gasteiger partial charge >= 0.3 is 0 Å². The third-order valence-electron chi connectivity index (χ3n) is 3.55. The average molecular weight is 423 g/mol. The van der Waals surface area contributed by atoms with Gasteiger partial charge in [-0.1, -0.05) is 5.16 Å². The van der Waals surface area contributed by atoms with Crippen LogP contribution < -0.4 is 14.8 Å². The fourth-order valence-electron chi connectivity index (χ4n) is 2.34. The second-order valence-electron chi connectivity index (χ2n) is 5.09. The van der Waals surface area contributed by atoms with Crippen molar-refractivity contribution in [1.82, 2.24) is 5.16 Å². The molecule has 0 bridgehead atoms. The van der Waals surface area contributed by atoms with E-state index in [0.717, 1.165) is 8.66 Å². The summed E-state index contributed by atoms with van der Waals surface area (Å²) in [5, 5.41) is 6.88. The molecule has 0 atom stereocenters. The second kappa shape index (κ2) is 7.28. The molecule has 1 aromatic carbocycles. The summed E-state index contributed by atoms with van der Waals surface area (Å²) in [7, 11) is 3.10. The molecule has 3 aromatic rings. The number of carbonyl (C=O) groups is 1. The molecule has 1 N–H and O–H groups in total. The Hall–Kier alpha value is -2.32. The molecule has 25 heavy (non-hydrogen) atoms. The summed E-state index contributed by atoms with van der Waals surface area (Å²) in [4.78, 5) is 13.7. The van der Waals surface area contributed by atoms with Gasteiger partial charge in [0.1, 0.15) is 28.5 Å². The summed E-state index contributed by atoms with van der Waals surface area (Å²) in [5.74, 6) is 1.27. The van der Waals surface area contributed by atoms with Crippen LogP contribution in [0.15, 0.2) is 38.6 Å². The van der Waals surface area contributed by atoms with Crippen LogP contribution in [-0.2, 0) is 0 Å². The highest BCUT2D eigenvalue weighted by Crippen LogP contribution is 2.35. The number of rotatable bonds is 5.